The summed E-state index contributed by atoms with van der Waals surface area (Å²) in [4.78, 5) is 9.19. The zero-order valence-electron chi connectivity index (χ0n) is 15.8. The molecule has 2 N–H and O–H groups in total. The van der Waals surface area contributed by atoms with E-state index in [2.05, 4.69) is 83.7 Å². The van der Waals surface area contributed by atoms with E-state index in [0.29, 0.717) is 6.04 Å². The Hall–Kier alpha value is -1.59. The average molecular weight is 332 g/mol. The molecule has 1 aliphatic rings. The van der Waals surface area contributed by atoms with Crippen molar-refractivity contribution in [3.05, 3.63) is 35.9 Å². The first kappa shape index (κ1) is 18.7. The molecule has 0 radical (unpaired) electrons. The molecule has 1 aromatic carbocycles. The van der Waals surface area contributed by atoms with Crippen LogP contribution in [0.4, 0.5) is 0 Å². The van der Waals surface area contributed by atoms with Crippen molar-refractivity contribution >= 4 is 5.96 Å². The molecular formula is C19H33N5. The van der Waals surface area contributed by atoms with Crippen LogP contribution in [0.15, 0.2) is 35.3 Å². The van der Waals surface area contributed by atoms with Gasteiger partial charge in [0.25, 0.3) is 0 Å². The van der Waals surface area contributed by atoms with Gasteiger partial charge >= 0.3 is 0 Å². The Morgan fingerprint density at radius 3 is 2.54 bits per heavy atom. The van der Waals surface area contributed by atoms with Crippen LogP contribution >= 0.6 is 0 Å². The molecule has 134 valence electrons. The number of likely N-dealkylation sites (N-methyl/N-ethyl adjacent to an activating group) is 2. The molecule has 1 aromatic rings. The van der Waals surface area contributed by atoms with E-state index in [0.717, 1.165) is 38.7 Å². The number of hydrogen-bond donors (Lipinski definition) is 2. The van der Waals surface area contributed by atoms with Gasteiger partial charge in [-0.15, -0.1) is 0 Å². The third-order valence-electron chi connectivity index (χ3n) is 4.96. The van der Waals surface area contributed by atoms with Crippen molar-refractivity contribution in [3.63, 3.8) is 0 Å². The molecule has 5 nitrogen and oxygen atoms in total. The van der Waals surface area contributed by atoms with Crippen molar-refractivity contribution in [2.45, 2.75) is 25.3 Å². The third kappa shape index (κ3) is 5.21. The number of piperazine rings is 1. The van der Waals surface area contributed by atoms with E-state index >= 15 is 0 Å². The van der Waals surface area contributed by atoms with E-state index in [1.54, 1.807) is 0 Å². The van der Waals surface area contributed by atoms with E-state index in [1.165, 1.54) is 5.56 Å². The lowest BCUT2D eigenvalue weighted by atomic mass is 9.85. The molecule has 0 amide bonds. The zero-order chi connectivity index (χ0) is 17.6. The van der Waals surface area contributed by atoms with Crippen molar-refractivity contribution in [3.8, 4) is 0 Å². The highest BCUT2D eigenvalue weighted by atomic mass is 15.3. The molecule has 1 aliphatic heterocycles. The van der Waals surface area contributed by atoms with E-state index < -0.39 is 0 Å². The Balaban J connectivity index is 1.84. The second-order valence-corrected chi connectivity index (χ2v) is 7.45. The summed E-state index contributed by atoms with van der Waals surface area (Å²) in [6, 6.07) is 11.1. The highest BCUT2D eigenvalue weighted by Gasteiger charge is 2.23. The van der Waals surface area contributed by atoms with Crippen LogP contribution < -0.4 is 10.6 Å². The highest BCUT2D eigenvalue weighted by molar-refractivity contribution is 5.79. The predicted molar refractivity (Wildman–Crippen MR) is 103 cm³/mol. The highest BCUT2D eigenvalue weighted by Crippen LogP contribution is 2.21. The summed E-state index contributed by atoms with van der Waals surface area (Å²) in [6.45, 7) is 9.62. The minimum Gasteiger partial charge on any atom is -0.356 e. The Labute approximate surface area is 147 Å². The topological polar surface area (TPSA) is 42.9 Å². The number of hydrogen-bond acceptors (Lipinski definition) is 3. The van der Waals surface area contributed by atoms with Crippen LogP contribution in [0.1, 0.15) is 19.4 Å². The lowest BCUT2D eigenvalue weighted by Crippen LogP contribution is -2.55. The normalized spacial score (nSPS) is 20.9. The largest absolute Gasteiger partial charge is 0.356 e. The van der Waals surface area contributed by atoms with Gasteiger partial charge in [0, 0.05) is 51.2 Å². The quantitative estimate of drug-likeness (QED) is 0.632. The summed E-state index contributed by atoms with van der Waals surface area (Å²) in [5.74, 6) is 0.876. The summed E-state index contributed by atoms with van der Waals surface area (Å²) in [5.41, 5.74) is 1.39. The van der Waals surface area contributed by atoms with E-state index in [1.807, 2.05) is 7.05 Å². The van der Waals surface area contributed by atoms with Crippen LogP contribution in [-0.2, 0) is 5.41 Å². The van der Waals surface area contributed by atoms with Crippen molar-refractivity contribution in [2.24, 2.45) is 4.99 Å². The van der Waals surface area contributed by atoms with Crippen LogP contribution in [0.2, 0.25) is 0 Å². The van der Waals surface area contributed by atoms with Gasteiger partial charge < -0.3 is 15.5 Å². The average Bonchev–Trinajstić information content (AvgIpc) is 2.58. The minimum absolute atomic E-state index is 0.0563. The van der Waals surface area contributed by atoms with Crippen LogP contribution in [0.5, 0.6) is 0 Å². The molecule has 1 saturated heterocycles. The lowest BCUT2D eigenvalue weighted by molar-refractivity contribution is 0.116. The van der Waals surface area contributed by atoms with Crippen LogP contribution in [-0.4, -0.2) is 75.7 Å². The van der Waals surface area contributed by atoms with Crippen molar-refractivity contribution in [2.75, 3.05) is 53.9 Å². The lowest BCUT2D eigenvalue weighted by Gasteiger charge is -2.38. The maximum absolute atomic E-state index is 4.38. The van der Waals surface area contributed by atoms with Gasteiger partial charge in [-0.1, -0.05) is 44.2 Å². The number of nitrogens with one attached hydrogen (secondary N) is 2. The van der Waals surface area contributed by atoms with E-state index in [9.17, 15) is 0 Å². The van der Waals surface area contributed by atoms with Crippen LogP contribution in [0, 0.1) is 0 Å². The zero-order valence-corrected chi connectivity index (χ0v) is 15.8. The number of rotatable bonds is 5. The Morgan fingerprint density at radius 1 is 1.17 bits per heavy atom. The molecule has 0 aromatic heterocycles. The van der Waals surface area contributed by atoms with Crippen molar-refractivity contribution in [1.29, 1.82) is 0 Å². The number of guanidine groups is 1. The molecule has 1 atom stereocenters. The van der Waals surface area contributed by atoms with Gasteiger partial charge in [0.05, 0.1) is 0 Å². The van der Waals surface area contributed by atoms with E-state index in [4.69, 9.17) is 0 Å². The molecule has 1 unspecified atom stereocenters. The molecule has 24 heavy (non-hydrogen) atoms. The standard InChI is InChI=1S/C19H33N5/c1-19(2,16-9-7-6-8-10-16)15-22-18(20-3)21-13-17-14-23(4)11-12-24(17)5/h6-10,17H,11-15H2,1-5H3,(H2,20,21,22). The first-order valence-corrected chi connectivity index (χ1v) is 8.81. The first-order valence-electron chi connectivity index (χ1n) is 8.81. The van der Waals surface area contributed by atoms with Gasteiger partial charge in [-0.25, -0.2) is 0 Å². The molecule has 0 aliphatic carbocycles. The molecule has 2 rings (SSSR count). The van der Waals surface area contributed by atoms with Crippen molar-refractivity contribution < 1.29 is 0 Å². The molecular weight excluding hydrogens is 298 g/mol. The van der Waals surface area contributed by atoms with Gasteiger partial charge in [-0.2, -0.15) is 0 Å². The van der Waals surface area contributed by atoms with Crippen molar-refractivity contribution in [1.82, 2.24) is 20.4 Å². The van der Waals surface area contributed by atoms with Gasteiger partial charge in [-0.3, -0.25) is 9.89 Å². The Morgan fingerprint density at radius 2 is 1.88 bits per heavy atom. The number of benzene rings is 1. The maximum atomic E-state index is 4.38. The summed E-state index contributed by atoms with van der Waals surface area (Å²) in [6.07, 6.45) is 0. The van der Waals surface area contributed by atoms with Gasteiger partial charge in [0.1, 0.15) is 0 Å². The Kier molecular flexibility index (Phi) is 6.63. The third-order valence-corrected chi connectivity index (χ3v) is 4.96. The van der Waals surface area contributed by atoms with E-state index in [-0.39, 0.29) is 5.41 Å². The predicted octanol–water partition coefficient (Wildman–Crippen LogP) is 1.38. The summed E-state index contributed by atoms with van der Waals surface area (Å²) in [7, 11) is 6.23. The fourth-order valence-corrected chi connectivity index (χ4v) is 3.05. The molecule has 0 bridgehead atoms. The minimum atomic E-state index is 0.0563. The fourth-order valence-electron chi connectivity index (χ4n) is 3.05. The van der Waals surface area contributed by atoms with Gasteiger partial charge in [0.15, 0.2) is 5.96 Å². The summed E-state index contributed by atoms with van der Waals surface area (Å²) in [5, 5.41) is 6.97. The molecule has 1 heterocycles. The molecule has 0 spiro atoms. The smallest absolute Gasteiger partial charge is 0.191 e. The van der Waals surface area contributed by atoms with Gasteiger partial charge in [0.2, 0.25) is 0 Å². The van der Waals surface area contributed by atoms with Crippen LogP contribution in [0.3, 0.4) is 0 Å². The molecule has 1 fully saturated rings. The Bertz CT molecular complexity index is 526. The summed E-state index contributed by atoms with van der Waals surface area (Å²) >= 11 is 0. The molecule has 0 saturated carbocycles. The number of aliphatic imine (C=N–C) groups is 1. The fraction of sp³-hybridized carbons (Fsp3) is 0.632. The molecule has 5 heteroatoms. The first-order chi connectivity index (χ1) is 11.4. The van der Waals surface area contributed by atoms with Crippen LogP contribution in [0.25, 0.3) is 0 Å². The van der Waals surface area contributed by atoms with Gasteiger partial charge in [-0.05, 0) is 19.7 Å². The summed E-state index contributed by atoms with van der Waals surface area (Å²) < 4.78 is 0. The SMILES string of the molecule is CN=C(NCC1CN(C)CCN1C)NCC(C)(C)c1ccccc1. The maximum Gasteiger partial charge on any atom is 0.191 e. The monoisotopic (exact) mass is 331 g/mol. The number of nitrogens with zero attached hydrogens (tertiary/aromatic N) is 3. The second kappa shape index (κ2) is 8.49. The second-order valence-electron chi connectivity index (χ2n) is 7.45.